The van der Waals surface area contributed by atoms with Gasteiger partial charge in [0.25, 0.3) is 0 Å². The number of hydrogen-bond donors (Lipinski definition) is 1. The molecule has 1 fully saturated rings. The highest BCUT2D eigenvalue weighted by Crippen LogP contribution is 2.23. The van der Waals surface area contributed by atoms with Crippen LogP contribution in [0.4, 0.5) is 0 Å². The lowest BCUT2D eigenvalue weighted by molar-refractivity contribution is 0.234. The molecule has 3 atom stereocenters. The highest BCUT2D eigenvalue weighted by atomic mass is 32.1. The van der Waals surface area contributed by atoms with Gasteiger partial charge < -0.3 is 5.73 Å². The summed E-state index contributed by atoms with van der Waals surface area (Å²) in [4.78, 5) is 3.14. The van der Waals surface area contributed by atoms with E-state index >= 15 is 0 Å². The first-order valence-electron chi connectivity index (χ1n) is 5.05. The summed E-state index contributed by atoms with van der Waals surface area (Å²) in [6.07, 6.45) is 1.31. The first-order chi connectivity index (χ1) is 6.02. The van der Waals surface area contributed by atoms with E-state index in [9.17, 15) is 0 Å². The summed E-state index contributed by atoms with van der Waals surface area (Å²) in [6, 6.07) is 0.691. The molecule has 0 amide bonds. The van der Waals surface area contributed by atoms with Crippen molar-refractivity contribution >= 4 is 17.2 Å². The average Bonchev–Trinajstić information content (AvgIpc) is 2.36. The second-order valence-electron chi connectivity index (χ2n) is 4.30. The van der Waals surface area contributed by atoms with Gasteiger partial charge in [-0.2, -0.15) is 0 Å². The molecule has 0 aliphatic carbocycles. The van der Waals surface area contributed by atoms with Crippen LogP contribution in [-0.2, 0) is 0 Å². The molecule has 76 valence electrons. The lowest BCUT2D eigenvalue weighted by atomic mass is 10.0. The van der Waals surface area contributed by atoms with Gasteiger partial charge in [0.1, 0.15) is 0 Å². The van der Waals surface area contributed by atoms with Crippen LogP contribution in [-0.4, -0.2) is 29.0 Å². The van der Waals surface area contributed by atoms with E-state index in [4.69, 9.17) is 18.0 Å². The number of nitrogens with two attached hydrogens (primary N) is 1. The molecule has 2 nitrogen and oxygen atoms in total. The van der Waals surface area contributed by atoms with Crippen LogP contribution in [0.15, 0.2) is 0 Å². The highest BCUT2D eigenvalue weighted by molar-refractivity contribution is 7.80. The average molecular weight is 200 g/mol. The maximum absolute atomic E-state index is 5.60. The van der Waals surface area contributed by atoms with Crippen LogP contribution in [0.5, 0.6) is 0 Å². The number of likely N-dealkylation sites (tertiary alicyclic amines) is 1. The van der Waals surface area contributed by atoms with Crippen molar-refractivity contribution in [2.75, 3.05) is 13.1 Å². The molecule has 1 aliphatic rings. The number of hydrogen-bond acceptors (Lipinski definition) is 2. The van der Waals surface area contributed by atoms with Gasteiger partial charge in [-0.05, 0) is 25.8 Å². The summed E-state index contributed by atoms with van der Waals surface area (Å²) in [7, 11) is 0. The van der Waals surface area contributed by atoms with Crippen LogP contribution in [0, 0.1) is 11.8 Å². The second-order valence-corrected chi connectivity index (χ2v) is 4.78. The Balaban J connectivity index is 2.42. The monoisotopic (exact) mass is 200 g/mol. The Kier molecular flexibility index (Phi) is 3.68. The molecule has 0 radical (unpaired) electrons. The van der Waals surface area contributed by atoms with Crippen LogP contribution in [0.1, 0.15) is 27.2 Å². The van der Waals surface area contributed by atoms with Gasteiger partial charge in [-0.3, -0.25) is 4.90 Å². The first-order valence-corrected chi connectivity index (χ1v) is 5.46. The molecular weight excluding hydrogens is 180 g/mol. The normalized spacial score (nSPS) is 31.9. The van der Waals surface area contributed by atoms with Crippen molar-refractivity contribution in [3.05, 3.63) is 0 Å². The van der Waals surface area contributed by atoms with E-state index < -0.39 is 0 Å². The summed E-state index contributed by atoms with van der Waals surface area (Å²) >= 11 is 4.97. The molecule has 13 heavy (non-hydrogen) atoms. The third kappa shape index (κ3) is 2.64. The Morgan fingerprint density at radius 3 is 2.62 bits per heavy atom. The zero-order valence-corrected chi connectivity index (χ0v) is 9.60. The molecule has 0 spiro atoms. The fourth-order valence-electron chi connectivity index (χ4n) is 1.87. The number of nitrogens with zero attached hydrogens (tertiary/aromatic N) is 1. The summed E-state index contributed by atoms with van der Waals surface area (Å²) in [5.41, 5.74) is 5.60. The highest BCUT2D eigenvalue weighted by Gasteiger charge is 2.28. The predicted molar refractivity (Wildman–Crippen MR) is 60.8 cm³/mol. The molecule has 1 rings (SSSR count). The summed E-state index contributed by atoms with van der Waals surface area (Å²) < 4.78 is 0. The van der Waals surface area contributed by atoms with Gasteiger partial charge in [0, 0.05) is 18.5 Å². The molecule has 0 aromatic rings. The van der Waals surface area contributed by atoms with E-state index in [-0.39, 0.29) is 0 Å². The quantitative estimate of drug-likeness (QED) is 0.702. The zero-order valence-electron chi connectivity index (χ0n) is 8.79. The van der Waals surface area contributed by atoms with E-state index in [1.54, 1.807) is 0 Å². The van der Waals surface area contributed by atoms with Crippen LogP contribution < -0.4 is 5.73 Å². The standard InChI is InChI=1S/C10H20N2S/c1-7-4-5-12(9(7)3)6-8(2)10(11)13/h7-9H,4-6H2,1-3H3,(H2,11,13). The molecule has 3 heteroatoms. The van der Waals surface area contributed by atoms with Crippen LogP contribution in [0.3, 0.4) is 0 Å². The topological polar surface area (TPSA) is 29.3 Å². The smallest absolute Gasteiger partial charge is 0.0768 e. The van der Waals surface area contributed by atoms with Crippen molar-refractivity contribution in [2.24, 2.45) is 17.6 Å². The molecule has 1 saturated heterocycles. The molecule has 0 aromatic heterocycles. The lowest BCUT2D eigenvalue weighted by Crippen LogP contribution is -2.37. The Morgan fingerprint density at radius 2 is 2.23 bits per heavy atom. The molecule has 2 N–H and O–H groups in total. The van der Waals surface area contributed by atoms with Gasteiger partial charge in [0.15, 0.2) is 0 Å². The minimum Gasteiger partial charge on any atom is -0.393 e. The van der Waals surface area contributed by atoms with Crippen LogP contribution in [0.25, 0.3) is 0 Å². The largest absolute Gasteiger partial charge is 0.393 e. The van der Waals surface area contributed by atoms with Gasteiger partial charge in [-0.25, -0.2) is 0 Å². The third-order valence-corrected chi connectivity index (χ3v) is 3.67. The van der Waals surface area contributed by atoms with Crippen molar-refractivity contribution in [3.63, 3.8) is 0 Å². The lowest BCUT2D eigenvalue weighted by Gasteiger charge is -2.25. The van der Waals surface area contributed by atoms with Gasteiger partial charge >= 0.3 is 0 Å². The van der Waals surface area contributed by atoms with E-state index in [0.717, 1.165) is 12.5 Å². The van der Waals surface area contributed by atoms with Crippen molar-refractivity contribution in [1.29, 1.82) is 0 Å². The Bertz CT molecular complexity index is 193. The Morgan fingerprint density at radius 1 is 1.62 bits per heavy atom. The Labute approximate surface area is 86.5 Å². The summed E-state index contributed by atoms with van der Waals surface area (Å²) in [6.45, 7) is 8.95. The van der Waals surface area contributed by atoms with Gasteiger partial charge in [0.2, 0.25) is 0 Å². The van der Waals surface area contributed by atoms with Gasteiger partial charge in [-0.1, -0.05) is 26.1 Å². The third-order valence-electron chi connectivity index (χ3n) is 3.27. The van der Waals surface area contributed by atoms with Crippen LogP contribution >= 0.6 is 12.2 Å². The van der Waals surface area contributed by atoms with Crippen molar-refractivity contribution in [2.45, 2.75) is 33.2 Å². The van der Waals surface area contributed by atoms with Crippen molar-refractivity contribution < 1.29 is 0 Å². The zero-order chi connectivity index (χ0) is 10.0. The summed E-state index contributed by atoms with van der Waals surface area (Å²) in [5.74, 6) is 1.17. The summed E-state index contributed by atoms with van der Waals surface area (Å²) in [5, 5.41) is 0. The van der Waals surface area contributed by atoms with E-state index in [1.807, 2.05) is 0 Å². The molecule has 0 aromatic carbocycles. The second kappa shape index (κ2) is 4.38. The maximum atomic E-state index is 5.60. The van der Waals surface area contributed by atoms with E-state index in [2.05, 4.69) is 25.7 Å². The number of thiocarbonyl (C=S) groups is 1. The molecular formula is C10H20N2S. The minimum atomic E-state index is 0.350. The molecule has 3 unspecified atom stereocenters. The molecule has 0 bridgehead atoms. The minimum absolute atomic E-state index is 0.350. The molecule has 1 aliphatic heterocycles. The SMILES string of the molecule is CC(CN1CCC(C)C1C)C(N)=S. The fraction of sp³-hybridized carbons (Fsp3) is 0.900. The Hall–Kier alpha value is -0.150. The van der Waals surface area contributed by atoms with E-state index in [1.165, 1.54) is 13.0 Å². The van der Waals surface area contributed by atoms with Crippen molar-refractivity contribution in [1.82, 2.24) is 4.90 Å². The van der Waals surface area contributed by atoms with Gasteiger partial charge in [-0.15, -0.1) is 0 Å². The molecule has 1 heterocycles. The van der Waals surface area contributed by atoms with Crippen LogP contribution in [0.2, 0.25) is 0 Å². The maximum Gasteiger partial charge on any atom is 0.0768 e. The van der Waals surface area contributed by atoms with Gasteiger partial charge in [0.05, 0.1) is 4.99 Å². The van der Waals surface area contributed by atoms with Crippen molar-refractivity contribution in [3.8, 4) is 0 Å². The molecule has 0 saturated carbocycles. The first kappa shape index (κ1) is 10.9. The predicted octanol–water partition coefficient (Wildman–Crippen LogP) is 1.64. The number of rotatable bonds is 3. The fourth-order valence-corrected chi connectivity index (χ4v) is 1.95. The van der Waals surface area contributed by atoms with E-state index in [0.29, 0.717) is 16.9 Å².